The molecule has 3 heterocycles. The van der Waals surface area contributed by atoms with Crippen LogP contribution in [-0.2, 0) is 18.3 Å². The molecule has 26 heavy (non-hydrogen) atoms. The maximum atomic E-state index is 6.34. The lowest BCUT2D eigenvalue weighted by Crippen LogP contribution is -2.48. The van der Waals surface area contributed by atoms with Crippen molar-refractivity contribution in [3.63, 3.8) is 0 Å². The Morgan fingerprint density at radius 3 is 2.92 bits per heavy atom. The quantitative estimate of drug-likeness (QED) is 0.769. The Balaban J connectivity index is 1.44. The molecule has 0 unspecified atom stereocenters. The summed E-state index contributed by atoms with van der Waals surface area (Å²) in [6.07, 6.45) is 17.3. The van der Waals surface area contributed by atoms with E-state index in [1.54, 1.807) is 0 Å². The van der Waals surface area contributed by atoms with Crippen molar-refractivity contribution in [3.05, 3.63) is 41.9 Å². The van der Waals surface area contributed by atoms with Crippen LogP contribution in [0.15, 0.2) is 36.2 Å². The molecule has 1 aromatic rings. The van der Waals surface area contributed by atoms with E-state index >= 15 is 0 Å². The molecule has 2 fully saturated rings. The van der Waals surface area contributed by atoms with Crippen molar-refractivity contribution in [1.29, 1.82) is 0 Å². The van der Waals surface area contributed by atoms with E-state index < -0.39 is 0 Å². The number of hydrogen-bond donors (Lipinski definition) is 2. The summed E-state index contributed by atoms with van der Waals surface area (Å²) >= 11 is 0. The molecule has 1 aromatic heterocycles. The zero-order valence-corrected chi connectivity index (χ0v) is 16.0. The first-order valence-corrected chi connectivity index (χ1v) is 10.1. The normalized spacial score (nSPS) is 27.5. The molecule has 3 aliphatic rings. The first-order valence-electron chi connectivity index (χ1n) is 10.1. The third-order valence-electron chi connectivity index (χ3n) is 6.40. The van der Waals surface area contributed by atoms with E-state index in [1.807, 2.05) is 17.9 Å². The maximum absolute atomic E-state index is 6.34. The standard InChI is InChI=1S/C21H32N4O/c1-25-14-7-18(24-25)16-22-13-10-20(19-6-2-5-12-23-19)11-15-26-21(17-20)8-3-4-9-21/h2,5-7,14,22-23H,3-4,8-13,15-17H2,1H3/t20-/m1/s1. The van der Waals surface area contributed by atoms with Gasteiger partial charge in [-0.05, 0) is 50.8 Å². The van der Waals surface area contributed by atoms with E-state index in [0.29, 0.717) is 0 Å². The van der Waals surface area contributed by atoms with Crippen molar-refractivity contribution >= 4 is 0 Å². The van der Waals surface area contributed by atoms with Gasteiger partial charge in [0.05, 0.1) is 11.3 Å². The van der Waals surface area contributed by atoms with E-state index in [1.165, 1.54) is 31.4 Å². The van der Waals surface area contributed by atoms with Crippen LogP contribution in [0, 0.1) is 5.41 Å². The van der Waals surface area contributed by atoms with Crippen molar-refractivity contribution in [2.24, 2.45) is 12.5 Å². The molecule has 1 spiro atoms. The first kappa shape index (κ1) is 17.8. The summed E-state index contributed by atoms with van der Waals surface area (Å²) in [6, 6.07) is 2.08. The van der Waals surface area contributed by atoms with Gasteiger partial charge in [0.1, 0.15) is 0 Å². The number of nitrogens with zero attached hydrogens (tertiary/aromatic N) is 2. The Bertz CT molecular complexity index is 671. The molecular weight excluding hydrogens is 324 g/mol. The van der Waals surface area contributed by atoms with Gasteiger partial charge >= 0.3 is 0 Å². The summed E-state index contributed by atoms with van der Waals surface area (Å²) in [5.41, 5.74) is 2.88. The smallest absolute Gasteiger partial charge is 0.0762 e. The van der Waals surface area contributed by atoms with E-state index in [0.717, 1.165) is 51.2 Å². The van der Waals surface area contributed by atoms with Gasteiger partial charge in [0.25, 0.3) is 0 Å². The number of rotatable bonds is 6. The fraction of sp³-hybridized carbons (Fsp3) is 0.667. The number of dihydropyridines is 1. The lowest BCUT2D eigenvalue weighted by atomic mass is 9.67. The SMILES string of the molecule is Cn1ccc(CNCC[C@@]2(C3=CC=CCN3)CCOC3(CCCC3)C2)n1. The van der Waals surface area contributed by atoms with Crippen LogP contribution in [-0.4, -0.2) is 35.1 Å². The van der Waals surface area contributed by atoms with E-state index in [9.17, 15) is 0 Å². The van der Waals surface area contributed by atoms with Crippen LogP contribution in [0.4, 0.5) is 0 Å². The lowest BCUT2D eigenvalue weighted by Gasteiger charge is -2.48. The van der Waals surface area contributed by atoms with Crippen LogP contribution in [0.1, 0.15) is 50.6 Å². The van der Waals surface area contributed by atoms with Crippen LogP contribution in [0.2, 0.25) is 0 Å². The van der Waals surface area contributed by atoms with Crippen LogP contribution >= 0.6 is 0 Å². The minimum Gasteiger partial charge on any atom is -0.384 e. The molecule has 0 aromatic carbocycles. The van der Waals surface area contributed by atoms with Crippen LogP contribution in [0.3, 0.4) is 0 Å². The number of ether oxygens (including phenoxy) is 1. The molecule has 2 N–H and O–H groups in total. The highest BCUT2D eigenvalue weighted by Gasteiger charge is 2.48. The van der Waals surface area contributed by atoms with Crippen molar-refractivity contribution < 1.29 is 4.74 Å². The zero-order chi connectivity index (χ0) is 17.9. The molecule has 5 nitrogen and oxygen atoms in total. The zero-order valence-electron chi connectivity index (χ0n) is 16.0. The van der Waals surface area contributed by atoms with Crippen LogP contribution < -0.4 is 10.6 Å². The number of nitrogens with one attached hydrogen (secondary N) is 2. The van der Waals surface area contributed by atoms with Crippen LogP contribution in [0.25, 0.3) is 0 Å². The fourth-order valence-electron chi connectivity index (χ4n) is 5.06. The molecule has 2 aliphatic heterocycles. The molecule has 0 radical (unpaired) electrons. The van der Waals surface area contributed by atoms with Gasteiger partial charge in [0, 0.05) is 44.1 Å². The number of hydrogen-bond acceptors (Lipinski definition) is 4. The van der Waals surface area contributed by atoms with E-state index in [2.05, 4.69) is 40.0 Å². The molecule has 1 aliphatic carbocycles. The Kier molecular flexibility index (Phi) is 5.18. The Morgan fingerprint density at radius 1 is 1.31 bits per heavy atom. The molecular formula is C21H32N4O. The Morgan fingerprint density at radius 2 is 2.19 bits per heavy atom. The predicted molar refractivity (Wildman–Crippen MR) is 104 cm³/mol. The summed E-state index contributed by atoms with van der Waals surface area (Å²) in [6.45, 7) is 3.69. The Labute approximate surface area is 156 Å². The summed E-state index contributed by atoms with van der Waals surface area (Å²) in [7, 11) is 1.97. The third-order valence-corrected chi connectivity index (χ3v) is 6.40. The van der Waals surface area contributed by atoms with Gasteiger partial charge in [-0.15, -0.1) is 0 Å². The highest BCUT2D eigenvalue weighted by Crippen LogP contribution is 2.51. The van der Waals surface area contributed by atoms with Gasteiger partial charge in [-0.25, -0.2) is 0 Å². The highest BCUT2D eigenvalue weighted by atomic mass is 16.5. The number of aryl methyl sites for hydroxylation is 1. The van der Waals surface area contributed by atoms with Gasteiger partial charge in [0.2, 0.25) is 0 Å². The van der Waals surface area contributed by atoms with Crippen molar-refractivity contribution in [1.82, 2.24) is 20.4 Å². The molecule has 1 saturated heterocycles. The molecule has 0 amide bonds. The average molecular weight is 357 g/mol. The second-order valence-electron chi connectivity index (χ2n) is 8.24. The van der Waals surface area contributed by atoms with Crippen molar-refractivity contribution in [2.75, 3.05) is 19.7 Å². The van der Waals surface area contributed by atoms with Crippen molar-refractivity contribution in [3.8, 4) is 0 Å². The second kappa shape index (κ2) is 7.57. The number of aromatic nitrogens is 2. The van der Waals surface area contributed by atoms with E-state index in [4.69, 9.17) is 4.74 Å². The highest BCUT2D eigenvalue weighted by molar-refractivity contribution is 5.25. The van der Waals surface area contributed by atoms with E-state index in [-0.39, 0.29) is 11.0 Å². The molecule has 142 valence electrons. The predicted octanol–water partition coefficient (Wildman–Crippen LogP) is 3.05. The monoisotopic (exact) mass is 356 g/mol. The molecule has 0 bridgehead atoms. The van der Waals surface area contributed by atoms with Crippen molar-refractivity contribution in [2.45, 2.75) is 57.1 Å². The average Bonchev–Trinajstić information content (AvgIpc) is 3.29. The molecule has 1 atom stereocenters. The largest absolute Gasteiger partial charge is 0.384 e. The molecule has 1 saturated carbocycles. The molecule has 5 heteroatoms. The number of allylic oxidation sites excluding steroid dienone is 3. The summed E-state index contributed by atoms with van der Waals surface area (Å²) in [5, 5.41) is 11.8. The lowest BCUT2D eigenvalue weighted by molar-refractivity contribution is -0.116. The summed E-state index contributed by atoms with van der Waals surface area (Å²) < 4.78 is 8.21. The van der Waals surface area contributed by atoms with Gasteiger partial charge in [0.15, 0.2) is 0 Å². The van der Waals surface area contributed by atoms with Gasteiger partial charge in [-0.1, -0.05) is 25.0 Å². The Hall–Kier alpha value is -1.59. The van der Waals surface area contributed by atoms with Crippen LogP contribution in [0.5, 0.6) is 0 Å². The maximum Gasteiger partial charge on any atom is 0.0762 e. The minimum absolute atomic E-state index is 0.128. The molecule has 4 rings (SSSR count). The van der Waals surface area contributed by atoms with Gasteiger partial charge in [-0.3, -0.25) is 4.68 Å². The van der Waals surface area contributed by atoms with Gasteiger partial charge < -0.3 is 15.4 Å². The minimum atomic E-state index is 0.128. The summed E-state index contributed by atoms with van der Waals surface area (Å²) in [4.78, 5) is 0. The topological polar surface area (TPSA) is 51.1 Å². The second-order valence-corrected chi connectivity index (χ2v) is 8.24. The third kappa shape index (κ3) is 3.74. The first-order chi connectivity index (χ1) is 12.7. The fourth-order valence-corrected chi connectivity index (χ4v) is 5.06. The van der Waals surface area contributed by atoms with Gasteiger partial charge in [-0.2, -0.15) is 5.10 Å². The summed E-state index contributed by atoms with van der Waals surface area (Å²) in [5.74, 6) is 0.